The van der Waals surface area contributed by atoms with Gasteiger partial charge in [-0.15, -0.1) is 0 Å². The summed E-state index contributed by atoms with van der Waals surface area (Å²) < 4.78 is 0. The molecule has 114 valence electrons. The molecule has 1 aromatic carbocycles. The molecule has 4 nitrogen and oxygen atoms in total. The van der Waals surface area contributed by atoms with Gasteiger partial charge in [-0.2, -0.15) is 0 Å². The first-order valence-corrected chi connectivity index (χ1v) is 7.78. The smallest absolute Gasteiger partial charge is 0.255 e. The molecular formula is C16H15Cl2N3O. The Balaban J connectivity index is 1.77. The molecule has 1 N–H and O–H groups in total. The Labute approximate surface area is 139 Å². The summed E-state index contributed by atoms with van der Waals surface area (Å²) in [6.07, 6.45) is 3.08. The van der Waals surface area contributed by atoms with Crippen LogP contribution in [0.4, 0.5) is 0 Å². The third-order valence-electron chi connectivity index (χ3n) is 3.74. The average Bonchev–Trinajstić information content (AvgIpc) is 2.55. The molecule has 0 aliphatic carbocycles. The van der Waals surface area contributed by atoms with Crippen LogP contribution in [0, 0.1) is 0 Å². The van der Waals surface area contributed by atoms with Crippen LogP contribution in [0.15, 0.2) is 42.7 Å². The zero-order valence-electron chi connectivity index (χ0n) is 11.8. The molecule has 1 amide bonds. The molecule has 3 rings (SSSR count). The lowest BCUT2D eigenvalue weighted by molar-refractivity contribution is 0.0703. The molecule has 1 aromatic heterocycles. The van der Waals surface area contributed by atoms with Crippen LogP contribution in [-0.2, 0) is 0 Å². The third-order valence-corrected chi connectivity index (χ3v) is 4.29. The van der Waals surface area contributed by atoms with E-state index in [0.29, 0.717) is 28.7 Å². The van der Waals surface area contributed by atoms with Crippen LogP contribution < -0.4 is 5.32 Å². The maximum atomic E-state index is 12.6. The molecule has 1 aliphatic rings. The van der Waals surface area contributed by atoms with Gasteiger partial charge in [0.2, 0.25) is 0 Å². The number of piperazine rings is 1. The van der Waals surface area contributed by atoms with Crippen molar-refractivity contribution < 1.29 is 4.79 Å². The molecule has 1 saturated heterocycles. The standard InChI is InChI=1S/C16H15Cl2N3O/c17-12-3-1-11(2-4-12)15-10-21(8-7-20-15)16(22)13-5-6-19-9-14(13)18/h1-6,9,15,20H,7-8,10H2. The van der Waals surface area contributed by atoms with Gasteiger partial charge in [0.05, 0.1) is 10.6 Å². The van der Waals surface area contributed by atoms with E-state index in [2.05, 4.69) is 10.3 Å². The van der Waals surface area contributed by atoms with Gasteiger partial charge in [-0.3, -0.25) is 9.78 Å². The first kappa shape index (κ1) is 15.3. The fourth-order valence-electron chi connectivity index (χ4n) is 2.57. The van der Waals surface area contributed by atoms with Crippen molar-refractivity contribution in [3.8, 4) is 0 Å². The van der Waals surface area contributed by atoms with Gasteiger partial charge in [0.25, 0.3) is 5.91 Å². The molecule has 6 heteroatoms. The lowest BCUT2D eigenvalue weighted by Crippen LogP contribution is -2.48. The Morgan fingerprint density at radius 2 is 2.00 bits per heavy atom. The molecule has 1 atom stereocenters. The minimum atomic E-state index is -0.0622. The Morgan fingerprint density at radius 3 is 2.73 bits per heavy atom. The largest absolute Gasteiger partial charge is 0.335 e. The fraction of sp³-hybridized carbons (Fsp3) is 0.250. The average molecular weight is 336 g/mol. The normalized spacial score (nSPS) is 18.3. The van der Waals surface area contributed by atoms with E-state index < -0.39 is 0 Å². The molecule has 0 spiro atoms. The SMILES string of the molecule is O=C(c1ccncc1Cl)N1CCNC(c2ccc(Cl)cc2)C1. The summed E-state index contributed by atoms with van der Waals surface area (Å²) in [5, 5.41) is 4.51. The first-order chi connectivity index (χ1) is 10.6. The number of aromatic nitrogens is 1. The molecular weight excluding hydrogens is 321 g/mol. The Bertz CT molecular complexity index is 675. The van der Waals surface area contributed by atoms with Crippen LogP contribution in [-0.4, -0.2) is 35.4 Å². The fourth-order valence-corrected chi connectivity index (χ4v) is 2.90. The molecule has 2 aromatic rings. The maximum absolute atomic E-state index is 12.6. The summed E-state index contributed by atoms with van der Waals surface area (Å²) in [7, 11) is 0. The van der Waals surface area contributed by atoms with Crippen molar-refractivity contribution in [2.45, 2.75) is 6.04 Å². The van der Waals surface area contributed by atoms with E-state index in [1.54, 1.807) is 12.3 Å². The van der Waals surface area contributed by atoms with E-state index in [1.165, 1.54) is 6.20 Å². The van der Waals surface area contributed by atoms with Crippen LogP contribution in [0.25, 0.3) is 0 Å². The lowest BCUT2D eigenvalue weighted by Gasteiger charge is -2.34. The number of benzene rings is 1. The molecule has 22 heavy (non-hydrogen) atoms. The van der Waals surface area contributed by atoms with E-state index in [4.69, 9.17) is 23.2 Å². The van der Waals surface area contributed by atoms with E-state index in [9.17, 15) is 4.79 Å². The van der Waals surface area contributed by atoms with E-state index >= 15 is 0 Å². The summed E-state index contributed by atoms with van der Waals surface area (Å²) in [6, 6.07) is 9.43. The number of hydrogen-bond acceptors (Lipinski definition) is 3. The second-order valence-electron chi connectivity index (χ2n) is 5.16. The van der Waals surface area contributed by atoms with Crippen molar-refractivity contribution in [2.24, 2.45) is 0 Å². The number of amides is 1. The van der Waals surface area contributed by atoms with E-state index in [0.717, 1.165) is 12.1 Å². The number of carbonyl (C=O) groups is 1. The minimum Gasteiger partial charge on any atom is -0.335 e. The molecule has 0 radical (unpaired) electrons. The van der Waals surface area contributed by atoms with Gasteiger partial charge < -0.3 is 10.2 Å². The number of nitrogens with zero attached hydrogens (tertiary/aromatic N) is 2. The van der Waals surface area contributed by atoms with Gasteiger partial charge >= 0.3 is 0 Å². The van der Waals surface area contributed by atoms with Crippen molar-refractivity contribution in [1.29, 1.82) is 0 Å². The number of halogens is 2. The van der Waals surface area contributed by atoms with Crippen LogP contribution in [0.2, 0.25) is 10.0 Å². The Kier molecular flexibility index (Phi) is 4.62. The minimum absolute atomic E-state index is 0.0622. The summed E-state index contributed by atoms with van der Waals surface area (Å²) in [4.78, 5) is 18.3. The van der Waals surface area contributed by atoms with Crippen molar-refractivity contribution in [2.75, 3.05) is 19.6 Å². The molecule has 1 aliphatic heterocycles. The maximum Gasteiger partial charge on any atom is 0.255 e. The molecule has 1 fully saturated rings. The summed E-state index contributed by atoms with van der Waals surface area (Å²) in [6.45, 7) is 1.99. The second-order valence-corrected chi connectivity index (χ2v) is 6.01. The third kappa shape index (κ3) is 3.24. The molecule has 0 bridgehead atoms. The van der Waals surface area contributed by atoms with Gasteiger partial charge in [-0.1, -0.05) is 35.3 Å². The van der Waals surface area contributed by atoms with Crippen LogP contribution in [0.3, 0.4) is 0 Å². The van der Waals surface area contributed by atoms with Crippen molar-refractivity contribution >= 4 is 29.1 Å². The van der Waals surface area contributed by atoms with Crippen molar-refractivity contribution in [1.82, 2.24) is 15.2 Å². The van der Waals surface area contributed by atoms with Gasteiger partial charge in [-0.25, -0.2) is 0 Å². The number of rotatable bonds is 2. The van der Waals surface area contributed by atoms with Crippen molar-refractivity contribution in [3.63, 3.8) is 0 Å². The van der Waals surface area contributed by atoms with Crippen LogP contribution in [0.1, 0.15) is 22.0 Å². The predicted octanol–water partition coefficient (Wildman–Crippen LogP) is 3.18. The van der Waals surface area contributed by atoms with E-state index in [-0.39, 0.29) is 11.9 Å². The van der Waals surface area contributed by atoms with Gasteiger partial charge in [0.1, 0.15) is 0 Å². The molecule has 0 saturated carbocycles. The quantitative estimate of drug-likeness (QED) is 0.916. The van der Waals surface area contributed by atoms with Gasteiger partial charge in [0, 0.05) is 43.1 Å². The highest BCUT2D eigenvalue weighted by atomic mass is 35.5. The highest BCUT2D eigenvalue weighted by Gasteiger charge is 2.26. The summed E-state index contributed by atoms with van der Waals surface area (Å²) in [5.41, 5.74) is 1.61. The molecule has 1 unspecified atom stereocenters. The lowest BCUT2D eigenvalue weighted by atomic mass is 10.0. The number of pyridine rings is 1. The zero-order chi connectivity index (χ0) is 15.5. The van der Waals surface area contributed by atoms with E-state index in [1.807, 2.05) is 29.2 Å². The van der Waals surface area contributed by atoms with Crippen molar-refractivity contribution in [3.05, 3.63) is 63.9 Å². The highest BCUT2D eigenvalue weighted by Crippen LogP contribution is 2.22. The van der Waals surface area contributed by atoms with Crippen LogP contribution >= 0.6 is 23.2 Å². The topological polar surface area (TPSA) is 45.2 Å². The predicted molar refractivity (Wildman–Crippen MR) is 87.3 cm³/mol. The summed E-state index contributed by atoms with van der Waals surface area (Å²) in [5.74, 6) is -0.0622. The van der Waals surface area contributed by atoms with Crippen LogP contribution in [0.5, 0.6) is 0 Å². The van der Waals surface area contributed by atoms with Gasteiger partial charge in [-0.05, 0) is 23.8 Å². The first-order valence-electron chi connectivity index (χ1n) is 7.03. The Morgan fingerprint density at radius 1 is 1.23 bits per heavy atom. The molecule has 2 heterocycles. The number of carbonyl (C=O) groups excluding carboxylic acids is 1. The summed E-state index contributed by atoms with van der Waals surface area (Å²) >= 11 is 12.0. The zero-order valence-corrected chi connectivity index (χ0v) is 13.3. The highest BCUT2D eigenvalue weighted by molar-refractivity contribution is 6.33. The second kappa shape index (κ2) is 6.65. The monoisotopic (exact) mass is 335 g/mol. The number of hydrogen-bond donors (Lipinski definition) is 1. The Hall–Kier alpha value is -1.62. The van der Waals surface area contributed by atoms with Gasteiger partial charge in [0.15, 0.2) is 0 Å². The number of nitrogens with one attached hydrogen (secondary N) is 1.